The molecule has 3 heteroatoms. The molecule has 3 nitrogen and oxygen atoms in total. The molecule has 1 rings (SSSR count). The maximum absolute atomic E-state index is 11.8. The van der Waals surface area contributed by atoms with E-state index in [0.717, 1.165) is 12.1 Å². The van der Waals surface area contributed by atoms with E-state index in [0.29, 0.717) is 11.3 Å². The van der Waals surface area contributed by atoms with E-state index in [1.807, 2.05) is 26.0 Å². The van der Waals surface area contributed by atoms with Crippen LogP contribution < -0.4 is 11.1 Å². The van der Waals surface area contributed by atoms with Gasteiger partial charge in [-0.15, -0.1) is 0 Å². The quantitative estimate of drug-likeness (QED) is 0.742. The van der Waals surface area contributed by atoms with E-state index in [-0.39, 0.29) is 5.91 Å². The molecule has 0 fully saturated rings. The number of rotatable bonds is 3. The third kappa shape index (κ3) is 2.84. The highest BCUT2D eigenvalue weighted by Gasteiger charge is 2.08. The predicted molar refractivity (Wildman–Crippen MR) is 62.4 cm³/mol. The molecule has 15 heavy (non-hydrogen) atoms. The molecular formula is C12H16N2O. The van der Waals surface area contributed by atoms with Gasteiger partial charge in [-0.25, -0.2) is 0 Å². The summed E-state index contributed by atoms with van der Waals surface area (Å²) in [5.41, 5.74) is 7.63. The van der Waals surface area contributed by atoms with Gasteiger partial charge in [-0.3, -0.25) is 4.79 Å². The first-order chi connectivity index (χ1) is 7.19. The molecule has 0 unspecified atom stereocenters. The highest BCUT2D eigenvalue weighted by molar-refractivity contribution is 5.99. The van der Waals surface area contributed by atoms with Crippen molar-refractivity contribution in [1.29, 1.82) is 0 Å². The lowest BCUT2D eigenvalue weighted by Gasteiger charge is -2.08. The number of hydrogen-bond donors (Lipinski definition) is 2. The third-order valence-corrected chi connectivity index (χ3v) is 2.21. The smallest absolute Gasteiger partial charge is 0.257 e. The number of hydrogen-bond acceptors (Lipinski definition) is 2. The monoisotopic (exact) mass is 204 g/mol. The largest absolute Gasteiger partial charge is 0.398 e. The third-order valence-electron chi connectivity index (χ3n) is 2.21. The number of allylic oxidation sites excluding steroid dienone is 2. The van der Waals surface area contributed by atoms with Crippen LogP contribution in [-0.2, 0) is 0 Å². The van der Waals surface area contributed by atoms with E-state index in [9.17, 15) is 4.79 Å². The van der Waals surface area contributed by atoms with Crippen molar-refractivity contribution in [2.24, 2.45) is 0 Å². The summed E-state index contributed by atoms with van der Waals surface area (Å²) in [6, 6.07) is 7.04. The van der Waals surface area contributed by atoms with Crippen LogP contribution in [0, 0.1) is 0 Å². The Labute approximate surface area is 90.0 Å². The van der Waals surface area contributed by atoms with Crippen molar-refractivity contribution >= 4 is 11.6 Å². The number of anilines is 1. The minimum Gasteiger partial charge on any atom is -0.398 e. The normalized spacial score (nSPS) is 11.2. The van der Waals surface area contributed by atoms with Gasteiger partial charge in [0.2, 0.25) is 0 Å². The van der Waals surface area contributed by atoms with Crippen LogP contribution in [0.5, 0.6) is 0 Å². The minimum absolute atomic E-state index is 0.150. The molecule has 1 aromatic carbocycles. The summed E-state index contributed by atoms with van der Waals surface area (Å²) < 4.78 is 0. The Balaban J connectivity index is 2.82. The maximum Gasteiger partial charge on any atom is 0.257 e. The first kappa shape index (κ1) is 11.3. The van der Waals surface area contributed by atoms with E-state index in [4.69, 9.17) is 5.73 Å². The molecule has 0 aliphatic rings. The molecule has 0 radical (unpaired) electrons. The van der Waals surface area contributed by atoms with Crippen molar-refractivity contribution in [3.05, 3.63) is 41.6 Å². The van der Waals surface area contributed by atoms with Crippen molar-refractivity contribution in [2.45, 2.75) is 20.3 Å². The molecule has 0 aliphatic carbocycles. The number of para-hydroxylation sites is 1. The lowest BCUT2D eigenvalue weighted by molar-refractivity contribution is 0.0965. The van der Waals surface area contributed by atoms with Gasteiger partial charge in [-0.2, -0.15) is 0 Å². The van der Waals surface area contributed by atoms with Crippen LogP contribution in [0.3, 0.4) is 0 Å². The van der Waals surface area contributed by atoms with E-state index < -0.39 is 0 Å². The van der Waals surface area contributed by atoms with Crippen LogP contribution in [0.15, 0.2) is 36.0 Å². The second-order valence-electron chi connectivity index (χ2n) is 3.21. The molecule has 0 aliphatic heterocycles. The summed E-state index contributed by atoms with van der Waals surface area (Å²) in [6.45, 7) is 3.89. The average molecular weight is 204 g/mol. The minimum atomic E-state index is -0.150. The first-order valence-electron chi connectivity index (χ1n) is 5.00. The van der Waals surface area contributed by atoms with Crippen molar-refractivity contribution < 1.29 is 4.79 Å². The molecule has 1 amide bonds. The van der Waals surface area contributed by atoms with Gasteiger partial charge in [0.1, 0.15) is 0 Å². The Bertz CT molecular complexity index is 383. The van der Waals surface area contributed by atoms with Crippen LogP contribution in [0.25, 0.3) is 0 Å². The highest BCUT2D eigenvalue weighted by Crippen LogP contribution is 2.11. The van der Waals surface area contributed by atoms with Gasteiger partial charge >= 0.3 is 0 Å². The van der Waals surface area contributed by atoms with Crippen molar-refractivity contribution in [1.82, 2.24) is 5.32 Å². The molecule has 0 spiro atoms. The molecule has 0 saturated carbocycles. The van der Waals surface area contributed by atoms with Crippen LogP contribution in [-0.4, -0.2) is 5.91 Å². The second-order valence-corrected chi connectivity index (χ2v) is 3.21. The molecule has 0 atom stereocenters. The summed E-state index contributed by atoms with van der Waals surface area (Å²) >= 11 is 0. The van der Waals surface area contributed by atoms with E-state index in [1.165, 1.54) is 0 Å². The Morgan fingerprint density at radius 1 is 1.47 bits per heavy atom. The molecule has 0 bridgehead atoms. The van der Waals surface area contributed by atoms with Crippen molar-refractivity contribution in [3.63, 3.8) is 0 Å². The van der Waals surface area contributed by atoms with Crippen LogP contribution in [0.1, 0.15) is 30.6 Å². The number of nitrogen functional groups attached to an aromatic ring is 1. The van der Waals surface area contributed by atoms with Gasteiger partial charge in [0.15, 0.2) is 0 Å². The standard InChI is InChI=1S/C12H16N2O/c1-3-9(4-2)14-12(15)10-7-5-6-8-11(10)13/h3,5-8H,4,13H2,1-2H3,(H,14,15). The van der Waals surface area contributed by atoms with Crippen LogP contribution >= 0.6 is 0 Å². The van der Waals surface area contributed by atoms with Crippen molar-refractivity contribution in [3.8, 4) is 0 Å². The maximum atomic E-state index is 11.8. The number of carbonyl (C=O) groups is 1. The molecule has 3 N–H and O–H groups in total. The van der Waals surface area contributed by atoms with Gasteiger partial charge in [0.25, 0.3) is 5.91 Å². The Morgan fingerprint density at radius 2 is 2.13 bits per heavy atom. The van der Waals surface area contributed by atoms with E-state index >= 15 is 0 Å². The average Bonchev–Trinajstić information content (AvgIpc) is 2.26. The van der Waals surface area contributed by atoms with Crippen molar-refractivity contribution in [2.75, 3.05) is 5.73 Å². The van der Waals surface area contributed by atoms with E-state index in [1.54, 1.807) is 18.2 Å². The lowest BCUT2D eigenvalue weighted by atomic mass is 10.1. The zero-order valence-electron chi connectivity index (χ0n) is 9.08. The summed E-state index contributed by atoms with van der Waals surface area (Å²) in [5.74, 6) is -0.150. The van der Waals surface area contributed by atoms with Gasteiger partial charge in [-0.1, -0.05) is 25.1 Å². The topological polar surface area (TPSA) is 55.1 Å². The predicted octanol–water partition coefficient (Wildman–Crippen LogP) is 2.31. The molecule has 80 valence electrons. The van der Waals surface area contributed by atoms with Gasteiger partial charge in [0.05, 0.1) is 5.56 Å². The van der Waals surface area contributed by atoms with Gasteiger partial charge in [-0.05, 0) is 25.5 Å². The fourth-order valence-electron chi connectivity index (χ4n) is 1.28. The zero-order valence-corrected chi connectivity index (χ0v) is 9.08. The Kier molecular flexibility index (Phi) is 3.92. The number of nitrogens with one attached hydrogen (secondary N) is 1. The molecular weight excluding hydrogens is 188 g/mol. The number of carbonyl (C=O) groups excluding carboxylic acids is 1. The molecule has 0 saturated heterocycles. The molecule has 1 aromatic rings. The second kappa shape index (κ2) is 5.20. The summed E-state index contributed by atoms with van der Waals surface area (Å²) in [5, 5.41) is 2.82. The van der Waals surface area contributed by atoms with Crippen LogP contribution in [0.4, 0.5) is 5.69 Å². The molecule has 0 heterocycles. The van der Waals surface area contributed by atoms with Gasteiger partial charge < -0.3 is 11.1 Å². The van der Waals surface area contributed by atoms with Gasteiger partial charge in [0, 0.05) is 11.4 Å². The summed E-state index contributed by atoms with van der Waals surface area (Å²) in [6.07, 6.45) is 2.69. The van der Waals surface area contributed by atoms with Crippen LogP contribution in [0.2, 0.25) is 0 Å². The fourth-order valence-corrected chi connectivity index (χ4v) is 1.28. The highest BCUT2D eigenvalue weighted by atomic mass is 16.1. The number of benzene rings is 1. The first-order valence-corrected chi connectivity index (χ1v) is 5.00. The number of nitrogens with two attached hydrogens (primary N) is 1. The SMILES string of the molecule is CC=C(CC)NC(=O)c1ccccc1N. The Hall–Kier alpha value is -1.77. The summed E-state index contributed by atoms with van der Waals surface area (Å²) in [4.78, 5) is 11.8. The zero-order chi connectivity index (χ0) is 11.3. The van der Waals surface area contributed by atoms with E-state index in [2.05, 4.69) is 5.32 Å². The lowest BCUT2D eigenvalue weighted by Crippen LogP contribution is -2.23. The number of amides is 1. The summed E-state index contributed by atoms with van der Waals surface area (Å²) in [7, 11) is 0. The molecule has 0 aromatic heterocycles. The Morgan fingerprint density at radius 3 is 2.67 bits per heavy atom. The fraction of sp³-hybridized carbons (Fsp3) is 0.250.